The zero-order valence-electron chi connectivity index (χ0n) is 11.3. The van der Waals surface area contributed by atoms with Crippen LogP contribution < -0.4 is 11.1 Å². The molecule has 18 heavy (non-hydrogen) atoms. The molecule has 0 aromatic heterocycles. The summed E-state index contributed by atoms with van der Waals surface area (Å²) in [5.74, 6) is -0.217. The summed E-state index contributed by atoms with van der Waals surface area (Å²) in [6.45, 7) is 3.76. The minimum atomic E-state index is -0.217. The first-order valence-electron chi connectivity index (χ1n) is 6.98. The summed E-state index contributed by atoms with van der Waals surface area (Å²) in [4.78, 5) is 0. The third kappa shape index (κ3) is 6.01. The first-order valence-corrected chi connectivity index (χ1v) is 6.98. The van der Waals surface area contributed by atoms with E-state index in [1.807, 2.05) is 0 Å². The maximum atomic E-state index is 13.4. The van der Waals surface area contributed by atoms with E-state index in [1.54, 1.807) is 12.1 Å². The van der Waals surface area contributed by atoms with Crippen LogP contribution in [-0.2, 0) is 6.54 Å². The number of nitrogens with one attached hydrogen (secondary N) is 1. The van der Waals surface area contributed by atoms with Gasteiger partial charge in [0.25, 0.3) is 0 Å². The van der Waals surface area contributed by atoms with Crippen molar-refractivity contribution < 1.29 is 4.39 Å². The Morgan fingerprint density at radius 1 is 1.11 bits per heavy atom. The van der Waals surface area contributed by atoms with Crippen LogP contribution in [0.3, 0.4) is 0 Å². The summed E-state index contributed by atoms with van der Waals surface area (Å²) in [5.41, 5.74) is 6.67. The van der Waals surface area contributed by atoms with Gasteiger partial charge in [-0.2, -0.15) is 0 Å². The standard InChI is InChI=1S/C15H25FN2/c1-2-3-4-5-6-7-10-18-12-13-8-9-14(17)11-15(13)16/h8-9,11,18H,2-7,10,12,17H2,1H3. The van der Waals surface area contributed by atoms with E-state index >= 15 is 0 Å². The van der Waals surface area contributed by atoms with Crippen molar-refractivity contribution in [2.45, 2.75) is 52.0 Å². The molecule has 102 valence electrons. The molecule has 0 saturated heterocycles. The van der Waals surface area contributed by atoms with Gasteiger partial charge in [0.2, 0.25) is 0 Å². The summed E-state index contributed by atoms with van der Waals surface area (Å²) in [5, 5.41) is 3.27. The lowest BCUT2D eigenvalue weighted by atomic mass is 10.1. The van der Waals surface area contributed by atoms with E-state index < -0.39 is 0 Å². The number of anilines is 1. The van der Waals surface area contributed by atoms with Gasteiger partial charge < -0.3 is 11.1 Å². The maximum Gasteiger partial charge on any atom is 0.129 e. The fourth-order valence-corrected chi connectivity index (χ4v) is 1.96. The van der Waals surface area contributed by atoms with Crippen molar-refractivity contribution in [3.8, 4) is 0 Å². The van der Waals surface area contributed by atoms with Crippen LogP contribution in [0.4, 0.5) is 10.1 Å². The van der Waals surface area contributed by atoms with E-state index in [0.29, 0.717) is 17.8 Å². The zero-order chi connectivity index (χ0) is 13.2. The Balaban J connectivity index is 2.07. The Kier molecular flexibility index (Phi) is 7.42. The van der Waals surface area contributed by atoms with Crippen LogP contribution >= 0.6 is 0 Å². The average molecular weight is 252 g/mol. The van der Waals surface area contributed by atoms with Gasteiger partial charge in [-0.05, 0) is 25.1 Å². The van der Waals surface area contributed by atoms with E-state index in [2.05, 4.69) is 12.2 Å². The van der Waals surface area contributed by atoms with Crippen LogP contribution in [0.1, 0.15) is 51.0 Å². The molecule has 0 aliphatic rings. The van der Waals surface area contributed by atoms with Crippen molar-refractivity contribution in [1.29, 1.82) is 0 Å². The van der Waals surface area contributed by atoms with Gasteiger partial charge >= 0.3 is 0 Å². The van der Waals surface area contributed by atoms with Gasteiger partial charge in [-0.15, -0.1) is 0 Å². The normalized spacial score (nSPS) is 10.8. The van der Waals surface area contributed by atoms with Crippen molar-refractivity contribution >= 4 is 5.69 Å². The van der Waals surface area contributed by atoms with Gasteiger partial charge in [0.15, 0.2) is 0 Å². The topological polar surface area (TPSA) is 38.0 Å². The molecule has 0 heterocycles. The zero-order valence-corrected chi connectivity index (χ0v) is 11.3. The molecule has 0 unspecified atom stereocenters. The molecule has 0 spiro atoms. The minimum absolute atomic E-state index is 0.217. The molecule has 1 aromatic rings. The molecule has 0 fully saturated rings. The quantitative estimate of drug-likeness (QED) is 0.517. The summed E-state index contributed by atoms with van der Waals surface area (Å²) in [6.07, 6.45) is 7.70. The molecule has 0 saturated carbocycles. The lowest BCUT2D eigenvalue weighted by Crippen LogP contribution is -2.15. The second kappa shape index (κ2) is 8.92. The molecule has 0 atom stereocenters. The third-order valence-corrected chi connectivity index (χ3v) is 3.10. The third-order valence-electron chi connectivity index (χ3n) is 3.10. The number of benzene rings is 1. The smallest absolute Gasteiger partial charge is 0.129 e. The van der Waals surface area contributed by atoms with Crippen molar-refractivity contribution in [2.24, 2.45) is 0 Å². The van der Waals surface area contributed by atoms with Crippen molar-refractivity contribution in [1.82, 2.24) is 5.32 Å². The Morgan fingerprint density at radius 3 is 2.56 bits per heavy atom. The Bertz CT molecular complexity index is 339. The lowest BCUT2D eigenvalue weighted by molar-refractivity contribution is 0.556. The SMILES string of the molecule is CCCCCCCCNCc1ccc(N)cc1F. The number of rotatable bonds is 9. The number of nitrogen functional groups attached to an aromatic ring is 1. The Labute approximate surface area is 110 Å². The molecular weight excluding hydrogens is 227 g/mol. The number of hydrogen-bond donors (Lipinski definition) is 2. The van der Waals surface area contributed by atoms with Crippen LogP contribution in [-0.4, -0.2) is 6.54 Å². The highest BCUT2D eigenvalue weighted by Crippen LogP contribution is 2.11. The summed E-state index contributed by atoms with van der Waals surface area (Å²) in [6, 6.07) is 4.87. The van der Waals surface area contributed by atoms with E-state index in [0.717, 1.165) is 6.54 Å². The van der Waals surface area contributed by atoms with Crippen LogP contribution in [0, 0.1) is 5.82 Å². The first kappa shape index (κ1) is 15.0. The predicted octanol–water partition coefficient (Wildman–Crippen LogP) is 3.86. The van der Waals surface area contributed by atoms with Gasteiger partial charge in [0.05, 0.1) is 0 Å². The number of halogens is 1. The monoisotopic (exact) mass is 252 g/mol. The fraction of sp³-hybridized carbons (Fsp3) is 0.600. The highest BCUT2D eigenvalue weighted by molar-refractivity contribution is 5.40. The summed E-state index contributed by atoms with van der Waals surface area (Å²) in [7, 11) is 0. The number of hydrogen-bond acceptors (Lipinski definition) is 2. The molecule has 3 N–H and O–H groups in total. The number of nitrogens with two attached hydrogens (primary N) is 1. The van der Waals surface area contributed by atoms with Crippen LogP contribution in [0.2, 0.25) is 0 Å². The van der Waals surface area contributed by atoms with Gasteiger partial charge in [0, 0.05) is 17.8 Å². The molecule has 3 heteroatoms. The second-order valence-electron chi connectivity index (χ2n) is 4.80. The summed E-state index contributed by atoms with van der Waals surface area (Å²) < 4.78 is 13.4. The maximum absolute atomic E-state index is 13.4. The summed E-state index contributed by atoms with van der Waals surface area (Å²) >= 11 is 0. The van der Waals surface area contributed by atoms with E-state index in [-0.39, 0.29) is 5.82 Å². The Hall–Kier alpha value is -1.09. The molecule has 0 amide bonds. The molecular formula is C15H25FN2. The largest absolute Gasteiger partial charge is 0.399 e. The number of unbranched alkanes of at least 4 members (excludes halogenated alkanes) is 5. The second-order valence-corrected chi connectivity index (χ2v) is 4.80. The van der Waals surface area contributed by atoms with Crippen LogP contribution in [0.5, 0.6) is 0 Å². The van der Waals surface area contributed by atoms with Gasteiger partial charge in [-0.1, -0.05) is 45.1 Å². The van der Waals surface area contributed by atoms with Gasteiger partial charge in [0.1, 0.15) is 5.82 Å². The van der Waals surface area contributed by atoms with Crippen LogP contribution in [0.25, 0.3) is 0 Å². The van der Waals surface area contributed by atoms with Crippen LogP contribution in [0.15, 0.2) is 18.2 Å². The predicted molar refractivity (Wildman–Crippen MR) is 75.9 cm³/mol. The molecule has 0 bridgehead atoms. The lowest BCUT2D eigenvalue weighted by Gasteiger charge is -2.06. The average Bonchev–Trinajstić information content (AvgIpc) is 2.35. The molecule has 1 aromatic carbocycles. The van der Waals surface area contributed by atoms with E-state index in [4.69, 9.17) is 5.73 Å². The molecule has 2 nitrogen and oxygen atoms in total. The molecule has 0 aliphatic heterocycles. The Morgan fingerprint density at radius 2 is 1.83 bits per heavy atom. The first-order chi connectivity index (χ1) is 8.74. The van der Waals surface area contributed by atoms with E-state index in [9.17, 15) is 4.39 Å². The van der Waals surface area contributed by atoms with Crippen molar-refractivity contribution in [3.05, 3.63) is 29.6 Å². The van der Waals surface area contributed by atoms with Crippen molar-refractivity contribution in [3.63, 3.8) is 0 Å². The van der Waals surface area contributed by atoms with Gasteiger partial charge in [-0.3, -0.25) is 0 Å². The molecule has 0 aliphatic carbocycles. The molecule has 1 rings (SSSR count). The van der Waals surface area contributed by atoms with Crippen molar-refractivity contribution in [2.75, 3.05) is 12.3 Å². The highest BCUT2D eigenvalue weighted by atomic mass is 19.1. The molecule has 0 radical (unpaired) electrons. The van der Waals surface area contributed by atoms with Gasteiger partial charge in [-0.25, -0.2) is 4.39 Å². The van der Waals surface area contributed by atoms with E-state index in [1.165, 1.54) is 44.6 Å². The minimum Gasteiger partial charge on any atom is -0.399 e. The highest BCUT2D eigenvalue weighted by Gasteiger charge is 2.01. The fourth-order valence-electron chi connectivity index (χ4n) is 1.96.